The van der Waals surface area contributed by atoms with Gasteiger partial charge < -0.3 is 9.73 Å². The van der Waals surface area contributed by atoms with Crippen molar-refractivity contribution in [2.24, 2.45) is 5.10 Å². The summed E-state index contributed by atoms with van der Waals surface area (Å²) >= 11 is 0. The zero-order valence-electron chi connectivity index (χ0n) is 15.6. The number of benzene rings is 2. The molecular formula is C19H13N5O7. The fraction of sp³-hybridized carbons (Fsp3) is 0. The third kappa shape index (κ3) is 4.95. The van der Waals surface area contributed by atoms with Gasteiger partial charge in [-0.05, 0) is 30.3 Å². The summed E-state index contributed by atoms with van der Waals surface area (Å²) in [7, 11) is 0. The second-order valence-corrected chi connectivity index (χ2v) is 5.93. The number of nitrogens with one attached hydrogen (secondary N) is 2. The van der Waals surface area contributed by atoms with Crippen LogP contribution in [0.3, 0.4) is 0 Å². The maximum absolute atomic E-state index is 12.5. The van der Waals surface area contributed by atoms with E-state index in [4.69, 9.17) is 4.42 Å². The molecule has 0 saturated carbocycles. The molecule has 0 unspecified atom stereocenters. The molecule has 3 rings (SSSR count). The highest BCUT2D eigenvalue weighted by Crippen LogP contribution is 2.23. The van der Waals surface area contributed by atoms with Gasteiger partial charge in [0.15, 0.2) is 5.76 Å². The molecule has 0 saturated heterocycles. The topological polar surface area (TPSA) is 170 Å². The summed E-state index contributed by atoms with van der Waals surface area (Å²) in [5, 5.41) is 28.2. The van der Waals surface area contributed by atoms with Crippen LogP contribution in [-0.4, -0.2) is 27.9 Å². The largest absolute Gasteiger partial charge is 0.459 e. The van der Waals surface area contributed by atoms with Gasteiger partial charge in [0.25, 0.3) is 23.2 Å². The highest BCUT2D eigenvalue weighted by molar-refractivity contribution is 6.08. The molecule has 0 bridgehead atoms. The standard InChI is InChI=1S/C19H13N5O7/c25-18(14-4-1-2-5-15(14)21-19(26)17-6-3-9-31-17)22-20-11-12-7-8-13(23(27)28)10-16(12)24(29)30/h1-11H,(H,21,26)(H,22,25)/b20-11-. The maximum Gasteiger partial charge on any atom is 0.291 e. The van der Waals surface area contributed by atoms with Crippen LogP contribution < -0.4 is 10.7 Å². The zero-order chi connectivity index (χ0) is 22.4. The molecule has 0 radical (unpaired) electrons. The molecular weight excluding hydrogens is 410 g/mol. The second-order valence-electron chi connectivity index (χ2n) is 5.93. The van der Waals surface area contributed by atoms with Crippen molar-refractivity contribution in [3.8, 4) is 0 Å². The number of hydrogen-bond donors (Lipinski definition) is 2. The van der Waals surface area contributed by atoms with Crippen LogP contribution in [0.1, 0.15) is 26.5 Å². The van der Waals surface area contributed by atoms with Gasteiger partial charge in [0.05, 0.1) is 45.2 Å². The third-order valence-corrected chi connectivity index (χ3v) is 3.96. The first-order valence-electron chi connectivity index (χ1n) is 8.57. The van der Waals surface area contributed by atoms with Crippen molar-refractivity contribution >= 4 is 35.1 Å². The van der Waals surface area contributed by atoms with Gasteiger partial charge in [-0.1, -0.05) is 12.1 Å². The molecule has 2 N–H and O–H groups in total. The summed E-state index contributed by atoms with van der Waals surface area (Å²) in [6.07, 6.45) is 2.32. The van der Waals surface area contributed by atoms with E-state index in [1.807, 2.05) is 0 Å². The average Bonchev–Trinajstić information content (AvgIpc) is 3.29. The summed E-state index contributed by atoms with van der Waals surface area (Å²) in [4.78, 5) is 45.0. The minimum absolute atomic E-state index is 0.0460. The summed E-state index contributed by atoms with van der Waals surface area (Å²) in [6, 6.07) is 12.1. The number of hydrazone groups is 1. The Morgan fingerprint density at radius 2 is 1.74 bits per heavy atom. The average molecular weight is 423 g/mol. The van der Waals surface area contributed by atoms with E-state index in [9.17, 15) is 29.8 Å². The molecule has 12 nitrogen and oxygen atoms in total. The number of non-ortho nitro benzene ring substituents is 1. The molecule has 0 fully saturated rings. The van der Waals surface area contributed by atoms with Crippen LogP contribution in [0.5, 0.6) is 0 Å². The number of carbonyl (C=O) groups is 2. The smallest absolute Gasteiger partial charge is 0.291 e. The first-order chi connectivity index (χ1) is 14.9. The highest BCUT2D eigenvalue weighted by Gasteiger charge is 2.19. The minimum atomic E-state index is -0.796. The molecule has 0 aliphatic heterocycles. The van der Waals surface area contributed by atoms with Gasteiger partial charge in [0, 0.05) is 6.07 Å². The molecule has 156 valence electrons. The van der Waals surface area contributed by atoms with E-state index < -0.39 is 33.0 Å². The molecule has 12 heteroatoms. The summed E-state index contributed by atoms with van der Waals surface area (Å²) < 4.78 is 5.00. The quantitative estimate of drug-likeness (QED) is 0.334. The van der Waals surface area contributed by atoms with E-state index in [0.29, 0.717) is 0 Å². The number of rotatable bonds is 7. The third-order valence-electron chi connectivity index (χ3n) is 3.96. The first-order valence-corrected chi connectivity index (χ1v) is 8.57. The normalized spacial score (nSPS) is 10.6. The van der Waals surface area contributed by atoms with Crippen LogP contribution in [0.2, 0.25) is 0 Å². The maximum atomic E-state index is 12.5. The molecule has 0 atom stereocenters. The first kappa shape index (κ1) is 20.9. The summed E-state index contributed by atoms with van der Waals surface area (Å²) in [5.41, 5.74) is 1.43. The van der Waals surface area contributed by atoms with Crippen LogP contribution in [0.4, 0.5) is 17.1 Å². The van der Waals surface area contributed by atoms with E-state index in [2.05, 4.69) is 15.8 Å². The molecule has 31 heavy (non-hydrogen) atoms. The minimum Gasteiger partial charge on any atom is -0.459 e. The Labute approximate surface area is 173 Å². The van der Waals surface area contributed by atoms with Crippen LogP contribution in [0.25, 0.3) is 0 Å². The zero-order valence-corrected chi connectivity index (χ0v) is 15.6. The Bertz CT molecular complexity index is 1190. The number of para-hydroxylation sites is 1. The number of nitrogens with zero attached hydrogens (tertiary/aromatic N) is 3. The number of anilines is 1. The van der Waals surface area contributed by atoms with E-state index in [0.717, 1.165) is 24.4 Å². The van der Waals surface area contributed by atoms with Crippen LogP contribution in [0, 0.1) is 20.2 Å². The van der Waals surface area contributed by atoms with Gasteiger partial charge in [0.2, 0.25) is 0 Å². The number of nitro groups is 2. The Hall–Kier alpha value is -4.87. The highest BCUT2D eigenvalue weighted by atomic mass is 16.6. The number of furan rings is 1. The number of amides is 2. The lowest BCUT2D eigenvalue weighted by molar-refractivity contribution is -0.394. The molecule has 1 heterocycles. The fourth-order valence-corrected chi connectivity index (χ4v) is 2.52. The SMILES string of the molecule is O=C(Nc1ccccc1C(=O)N/N=C\c1ccc([N+](=O)[O-])cc1[N+](=O)[O-])c1ccco1. The van der Waals surface area contributed by atoms with Crippen LogP contribution in [0.15, 0.2) is 70.4 Å². The fourth-order valence-electron chi connectivity index (χ4n) is 2.52. The van der Waals surface area contributed by atoms with Crippen molar-refractivity contribution in [1.29, 1.82) is 0 Å². The Morgan fingerprint density at radius 3 is 2.42 bits per heavy atom. The van der Waals surface area contributed by atoms with Gasteiger partial charge >= 0.3 is 0 Å². The van der Waals surface area contributed by atoms with E-state index in [-0.39, 0.29) is 22.6 Å². The number of carbonyl (C=O) groups excluding carboxylic acids is 2. The van der Waals surface area contributed by atoms with Crippen molar-refractivity contribution in [3.63, 3.8) is 0 Å². The van der Waals surface area contributed by atoms with Crippen molar-refractivity contribution < 1.29 is 23.9 Å². The molecule has 2 aromatic carbocycles. The van der Waals surface area contributed by atoms with Gasteiger partial charge in [-0.3, -0.25) is 29.8 Å². The van der Waals surface area contributed by atoms with Gasteiger partial charge in [0.1, 0.15) is 0 Å². The van der Waals surface area contributed by atoms with Crippen molar-refractivity contribution in [2.75, 3.05) is 5.32 Å². The van der Waals surface area contributed by atoms with Gasteiger partial charge in [-0.2, -0.15) is 5.10 Å². The van der Waals surface area contributed by atoms with Crippen molar-refractivity contribution in [1.82, 2.24) is 5.43 Å². The lowest BCUT2D eigenvalue weighted by atomic mass is 10.1. The number of hydrogen-bond acceptors (Lipinski definition) is 8. The monoisotopic (exact) mass is 423 g/mol. The summed E-state index contributed by atoms with van der Waals surface area (Å²) in [5.74, 6) is -1.20. The van der Waals surface area contributed by atoms with Gasteiger partial charge in [-0.15, -0.1) is 0 Å². The molecule has 0 aliphatic carbocycles. The predicted octanol–water partition coefficient (Wildman–Crippen LogP) is 3.11. The lowest BCUT2D eigenvalue weighted by Crippen LogP contribution is -2.21. The Balaban J connectivity index is 1.76. The van der Waals surface area contributed by atoms with Gasteiger partial charge in [-0.25, -0.2) is 5.43 Å². The van der Waals surface area contributed by atoms with E-state index >= 15 is 0 Å². The summed E-state index contributed by atoms with van der Waals surface area (Å²) in [6.45, 7) is 0. The lowest BCUT2D eigenvalue weighted by Gasteiger charge is -2.08. The molecule has 1 aromatic heterocycles. The van der Waals surface area contributed by atoms with Crippen molar-refractivity contribution in [2.45, 2.75) is 0 Å². The predicted molar refractivity (Wildman–Crippen MR) is 108 cm³/mol. The van der Waals surface area contributed by atoms with E-state index in [1.54, 1.807) is 18.2 Å². The molecule has 0 spiro atoms. The Morgan fingerprint density at radius 1 is 0.968 bits per heavy atom. The molecule has 3 aromatic rings. The molecule has 2 amide bonds. The van der Waals surface area contributed by atoms with Crippen LogP contribution >= 0.6 is 0 Å². The van der Waals surface area contributed by atoms with E-state index in [1.165, 1.54) is 24.5 Å². The van der Waals surface area contributed by atoms with Crippen LogP contribution in [-0.2, 0) is 0 Å². The Kier molecular flexibility index (Phi) is 6.11. The van der Waals surface area contributed by atoms with Crippen molar-refractivity contribution in [3.05, 3.63) is 98.0 Å². The second kappa shape index (κ2) is 9.09. The number of nitro benzene ring substituents is 2. The molecule has 0 aliphatic rings.